The number of carbonyl (C=O) groups excluding carboxylic acids is 2. The second-order valence-corrected chi connectivity index (χ2v) is 6.90. The van der Waals surface area contributed by atoms with Gasteiger partial charge in [-0.25, -0.2) is 4.79 Å². The summed E-state index contributed by atoms with van der Waals surface area (Å²) in [4.78, 5) is 25.0. The van der Waals surface area contributed by atoms with Crippen molar-refractivity contribution < 1.29 is 33.3 Å². The van der Waals surface area contributed by atoms with Crippen LogP contribution in [0.5, 0.6) is 23.0 Å². The highest BCUT2D eigenvalue weighted by Gasteiger charge is 2.21. The Morgan fingerprint density at radius 3 is 2.61 bits per heavy atom. The maximum Gasteiger partial charge on any atom is 0.339 e. The second kappa shape index (κ2) is 10.6. The van der Waals surface area contributed by atoms with E-state index in [4.69, 9.17) is 23.7 Å². The van der Waals surface area contributed by atoms with Crippen LogP contribution < -0.4 is 24.3 Å². The summed E-state index contributed by atoms with van der Waals surface area (Å²) < 4.78 is 27.2. The summed E-state index contributed by atoms with van der Waals surface area (Å²) in [5, 5.41) is 2.70. The number of esters is 1. The molecule has 1 aliphatic heterocycles. The molecule has 0 spiro atoms. The van der Waals surface area contributed by atoms with Crippen molar-refractivity contribution in [1.29, 1.82) is 0 Å². The lowest BCUT2D eigenvalue weighted by molar-refractivity contribution is -0.123. The zero-order valence-electron chi connectivity index (χ0n) is 17.9. The zero-order chi connectivity index (χ0) is 22.2. The van der Waals surface area contributed by atoms with Gasteiger partial charge in [0.25, 0.3) is 5.91 Å². The van der Waals surface area contributed by atoms with Crippen molar-refractivity contribution in [3.8, 4) is 23.0 Å². The lowest BCUT2D eigenvalue weighted by Gasteiger charge is -2.15. The minimum absolute atomic E-state index is 0.146. The molecule has 8 heteroatoms. The van der Waals surface area contributed by atoms with E-state index in [0.717, 1.165) is 12.8 Å². The quantitative estimate of drug-likeness (QED) is 0.447. The van der Waals surface area contributed by atoms with Crippen LogP contribution in [-0.2, 0) is 9.53 Å². The molecule has 1 amide bonds. The Labute approximate surface area is 181 Å². The van der Waals surface area contributed by atoms with E-state index in [1.165, 1.54) is 6.92 Å². The van der Waals surface area contributed by atoms with Gasteiger partial charge in [-0.3, -0.25) is 4.79 Å². The molecule has 0 saturated carbocycles. The molecule has 31 heavy (non-hydrogen) atoms. The standard InChI is InChI=1S/C23H27NO7/c1-4-6-11-28-18-9-7-16(12-20(18)27-5-2)23(26)31-15(3)22(25)24-17-8-10-19-21(13-17)30-14-29-19/h7-10,12-13,15H,4-6,11,14H2,1-3H3,(H,24,25). The molecule has 2 aromatic rings. The number of benzene rings is 2. The molecule has 8 nitrogen and oxygen atoms in total. The smallest absolute Gasteiger partial charge is 0.339 e. The van der Waals surface area contributed by atoms with Gasteiger partial charge in [0.15, 0.2) is 29.1 Å². The van der Waals surface area contributed by atoms with E-state index < -0.39 is 18.0 Å². The van der Waals surface area contributed by atoms with Gasteiger partial charge in [-0.2, -0.15) is 0 Å². The summed E-state index contributed by atoms with van der Waals surface area (Å²) >= 11 is 0. The molecule has 0 fully saturated rings. The van der Waals surface area contributed by atoms with Crippen molar-refractivity contribution in [2.75, 3.05) is 25.3 Å². The van der Waals surface area contributed by atoms with Crippen LogP contribution in [0.25, 0.3) is 0 Å². The molecular formula is C23H27NO7. The highest BCUT2D eigenvalue weighted by molar-refractivity contribution is 5.97. The van der Waals surface area contributed by atoms with Crippen molar-refractivity contribution >= 4 is 17.6 Å². The van der Waals surface area contributed by atoms with E-state index in [9.17, 15) is 9.59 Å². The van der Waals surface area contributed by atoms with E-state index in [0.29, 0.717) is 41.9 Å². The number of hydrogen-bond donors (Lipinski definition) is 1. The van der Waals surface area contributed by atoms with Crippen LogP contribution in [0.15, 0.2) is 36.4 Å². The van der Waals surface area contributed by atoms with Gasteiger partial charge in [-0.15, -0.1) is 0 Å². The number of anilines is 1. The summed E-state index contributed by atoms with van der Waals surface area (Å²) in [6, 6.07) is 9.87. The number of fused-ring (bicyclic) bond motifs is 1. The average molecular weight is 429 g/mol. The summed E-state index contributed by atoms with van der Waals surface area (Å²) in [5.41, 5.74) is 0.790. The molecule has 1 unspecified atom stereocenters. The van der Waals surface area contributed by atoms with E-state index >= 15 is 0 Å². The molecule has 1 atom stereocenters. The number of carbonyl (C=O) groups is 2. The Hall–Kier alpha value is -3.42. The van der Waals surface area contributed by atoms with E-state index in [1.54, 1.807) is 36.4 Å². The number of unbranched alkanes of at least 4 members (excludes halogenated alkanes) is 1. The highest BCUT2D eigenvalue weighted by atomic mass is 16.7. The maximum absolute atomic E-state index is 12.6. The maximum atomic E-state index is 12.6. The molecule has 166 valence electrons. The average Bonchev–Trinajstić information content (AvgIpc) is 3.22. The van der Waals surface area contributed by atoms with Crippen molar-refractivity contribution in [3.63, 3.8) is 0 Å². The van der Waals surface area contributed by atoms with Gasteiger partial charge in [0.1, 0.15) is 0 Å². The Kier molecular flexibility index (Phi) is 7.59. The SMILES string of the molecule is CCCCOc1ccc(C(=O)OC(C)C(=O)Nc2ccc3c(c2)OCO3)cc1OCC. The first-order valence-electron chi connectivity index (χ1n) is 10.3. The number of hydrogen-bond acceptors (Lipinski definition) is 7. The molecule has 0 aromatic heterocycles. The number of rotatable bonds is 10. The van der Waals surface area contributed by atoms with Crippen LogP contribution >= 0.6 is 0 Å². The van der Waals surface area contributed by atoms with Gasteiger partial charge >= 0.3 is 5.97 Å². The van der Waals surface area contributed by atoms with Gasteiger partial charge in [0.2, 0.25) is 6.79 Å². The number of nitrogens with one attached hydrogen (secondary N) is 1. The van der Waals surface area contributed by atoms with Crippen LogP contribution in [0, 0.1) is 0 Å². The van der Waals surface area contributed by atoms with Crippen LogP contribution in [0.1, 0.15) is 44.0 Å². The number of ether oxygens (including phenoxy) is 5. The van der Waals surface area contributed by atoms with Gasteiger partial charge < -0.3 is 29.0 Å². The molecule has 0 saturated heterocycles. The summed E-state index contributed by atoms with van der Waals surface area (Å²) in [6.45, 7) is 6.58. The molecule has 1 N–H and O–H groups in total. The van der Waals surface area contributed by atoms with Crippen molar-refractivity contribution in [2.45, 2.75) is 39.7 Å². The molecule has 1 heterocycles. The van der Waals surface area contributed by atoms with Gasteiger partial charge in [0.05, 0.1) is 18.8 Å². The molecule has 2 aromatic carbocycles. The van der Waals surface area contributed by atoms with E-state index in [1.807, 2.05) is 6.92 Å². The first kappa shape index (κ1) is 22.3. The van der Waals surface area contributed by atoms with Crippen LogP contribution in [-0.4, -0.2) is 38.0 Å². The lowest BCUT2D eigenvalue weighted by Crippen LogP contribution is -2.30. The summed E-state index contributed by atoms with van der Waals surface area (Å²) in [5.74, 6) is 1.11. The van der Waals surface area contributed by atoms with Crippen molar-refractivity contribution in [3.05, 3.63) is 42.0 Å². The Balaban J connectivity index is 1.61. The third-order valence-electron chi connectivity index (χ3n) is 4.53. The second-order valence-electron chi connectivity index (χ2n) is 6.90. The fourth-order valence-corrected chi connectivity index (χ4v) is 2.85. The third-order valence-corrected chi connectivity index (χ3v) is 4.53. The first-order valence-corrected chi connectivity index (χ1v) is 10.3. The minimum atomic E-state index is -1.01. The van der Waals surface area contributed by atoms with E-state index in [2.05, 4.69) is 12.2 Å². The molecule has 0 radical (unpaired) electrons. The third kappa shape index (κ3) is 5.81. The molecule has 3 rings (SSSR count). The van der Waals surface area contributed by atoms with Gasteiger partial charge in [0, 0.05) is 11.8 Å². The highest BCUT2D eigenvalue weighted by Crippen LogP contribution is 2.34. The lowest BCUT2D eigenvalue weighted by atomic mass is 10.2. The Morgan fingerprint density at radius 2 is 1.84 bits per heavy atom. The van der Waals surface area contributed by atoms with Gasteiger partial charge in [-0.1, -0.05) is 13.3 Å². The summed E-state index contributed by atoms with van der Waals surface area (Å²) in [7, 11) is 0. The monoisotopic (exact) mass is 429 g/mol. The summed E-state index contributed by atoms with van der Waals surface area (Å²) in [6.07, 6.45) is 0.931. The first-order chi connectivity index (χ1) is 15.0. The van der Waals surface area contributed by atoms with Gasteiger partial charge in [-0.05, 0) is 50.6 Å². The fraction of sp³-hybridized carbons (Fsp3) is 0.391. The topological polar surface area (TPSA) is 92.3 Å². The predicted octanol–water partition coefficient (Wildman–Crippen LogP) is 4.18. The fourth-order valence-electron chi connectivity index (χ4n) is 2.85. The number of amides is 1. The molecule has 0 aliphatic carbocycles. The largest absolute Gasteiger partial charge is 0.490 e. The van der Waals surface area contributed by atoms with E-state index in [-0.39, 0.29) is 12.4 Å². The van der Waals surface area contributed by atoms with Crippen LogP contribution in [0.4, 0.5) is 5.69 Å². The molecule has 1 aliphatic rings. The Bertz CT molecular complexity index is 928. The minimum Gasteiger partial charge on any atom is -0.490 e. The van der Waals surface area contributed by atoms with Crippen molar-refractivity contribution in [1.82, 2.24) is 0 Å². The zero-order valence-corrected chi connectivity index (χ0v) is 17.9. The predicted molar refractivity (Wildman–Crippen MR) is 114 cm³/mol. The normalized spacial score (nSPS) is 12.7. The van der Waals surface area contributed by atoms with Crippen LogP contribution in [0.3, 0.4) is 0 Å². The molecule has 0 bridgehead atoms. The molecular weight excluding hydrogens is 402 g/mol. The van der Waals surface area contributed by atoms with Crippen LogP contribution in [0.2, 0.25) is 0 Å². The Morgan fingerprint density at radius 1 is 1.03 bits per heavy atom. The van der Waals surface area contributed by atoms with Crippen molar-refractivity contribution in [2.24, 2.45) is 0 Å².